The lowest BCUT2D eigenvalue weighted by molar-refractivity contribution is 0.560. The summed E-state index contributed by atoms with van der Waals surface area (Å²) in [5.74, 6) is 0.477. The quantitative estimate of drug-likeness (QED) is 0.533. The van der Waals surface area contributed by atoms with Crippen molar-refractivity contribution in [2.45, 2.75) is 6.42 Å². The monoisotopic (exact) mass is 168 g/mol. The minimum atomic E-state index is 0.477. The zero-order valence-electron chi connectivity index (χ0n) is 5.70. The highest BCUT2D eigenvalue weighted by atomic mass is 32.1. The van der Waals surface area contributed by atoms with Crippen LogP contribution in [0.2, 0.25) is 0 Å². The molecular formula is C6H6N3OS. The molecule has 0 saturated heterocycles. The molecular weight excluding hydrogens is 162 g/mol. The molecule has 0 aliphatic carbocycles. The van der Waals surface area contributed by atoms with E-state index in [4.69, 9.17) is 0 Å². The van der Waals surface area contributed by atoms with E-state index in [9.17, 15) is 4.79 Å². The Morgan fingerprint density at radius 2 is 2.64 bits per heavy atom. The molecule has 0 saturated carbocycles. The second-order valence-electron chi connectivity index (χ2n) is 1.76. The Kier molecular flexibility index (Phi) is 2.74. The summed E-state index contributed by atoms with van der Waals surface area (Å²) >= 11 is 1.24. The van der Waals surface area contributed by atoms with Crippen LogP contribution >= 0.6 is 11.5 Å². The number of nitrogens with zero attached hydrogens (tertiary/aromatic N) is 2. The van der Waals surface area contributed by atoms with E-state index in [0.29, 0.717) is 12.2 Å². The van der Waals surface area contributed by atoms with Gasteiger partial charge >= 0.3 is 6.41 Å². The van der Waals surface area contributed by atoms with Gasteiger partial charge in [-0.2, -0.15) is 0 Å². The predicted octanol–water partition coefficient (Wildman–Crippen LogP) is 0.746. The minimum Gasteiger partial charge on any atom is -0.300 e. The van der Waals surface area contributed by atoms with E-state index in [0.717, 1.165) is 4.88 Å². The van der Waals surface area contributed by atoms with E-state index in [1.807, 2.05) is 0 Å². The van der Waals surface area contributed by atoms with E-state index in [-0.39, 0.29) is 0 Å². The van der Waals surface area contributed by atoms with Gasteiger partial charge in [-0.1, -0.05) is 10.6 Å². The zero-order valence-corrected chi connectivity index (χ0v) is 6.52. The van der Waals surface area contributed by atoms with Gasteiger partial charge in [0, 0.05) is 6.42 Å². The number of hydrogen-bond acceptors (Lipinski definition) is 4. The summed E-state index contributed by atoms with van der Waals surface area (Å²) in [6, 6.07) is 0. The van der Waals surface area contributed by atoms with Crippen LogP contribution in [0, 0.1) is 0 Å². The van der Waals surface area contributed by atoms with Gasteiger partial charge in [-0.05, 0) is 11.5 Å². The van der Waals surface area contributed by atoms with E-state index in [1.54, 1.807) is 6.08 Å². The van der Waals surface area contributed by atoms with Crippen molar-refractivity contribution in [2.75, 3.05) is 5.32 Å². The molecule has 0 fully saturated rings. The SMILES string of the molecule is C=CCc1snnc1N[C]=O. The molecule has 0 atom stereocenters. The second kappa shape index (κ2) is 3.82. The average molecular weight is 168 g/mol. The van der Waals surface area contributed by atoms with Crippen LogP contribution < -0.4 is 5.32 Å². The highest BCUT2D eigenvalue weighted by Gasteiger charge is 2.04. The maximum Gasteiger partial charge on any atom is 0.315 e. The summed E-state index contributed by atoms with van der Waals surface area (Å²) in [5, 5.41) is 6.00. The van der Waals surface area contributed by atoms with Crippen LogP contribution in [0.4, 0.5) is 5.82 Å². The van der Waals surface area contributed by atoms with E-state index in [1.165, 1.54) is 17.9 Å². The third-order valence-electron chi connectivity index (χ3n) is 1.06. The molecule has 0 spiro atoms. The van der Waals surface area contributed by atoms with E-state index < -0.39 is 0 Å². The molecule has 1 aromatic rings. The largest absolute Gasteiger partial charge is 0.315 e. The molecule has 1 amide bonds. The van der Waals surface area contributed by atoms with Gasteiger partial charge in [-0.15, -0.1) is 11.7 Å². The summed E-state index contributed by atoms with van der Waals surface area (Å²) in [6.45, 7) is 3.56. The molecule has 0 bridgehead atoms. The summed E-state index contributed by atoms with van der Waals surface area (Å²) in [6.07, 6.45) is 3.93. The van der Waals surface area contributed by atoms with Gasteiger partial charge in [0.2, 0.25) is 0 Å². The molecule has 1 N–H and O–H groups in total. The van der Waals surface area contributed by atoms with Gasteiger partial charge in [0.25, 0.3) is 0 Å². The summed E-state index contributed by atoms with van der Waals surface area (Å²) in [7, 11) is 0. The Balaban J connectivity index is 2.76. The maximum absolute atomic E-state index is 9.90. The minimum absolute atomic E-state index is 0.477. The van der Waals surface area contributed by atoms with Crippen LogP contribution in [0.5, 0.6) is 0 Å². The number of anilines is 1. The van der Waals surface area contributed by atoms with Gasteiger partial charge in [-0.3, -0.25) is 10.1 Å². The van der Waals surface area contributed by atoms with Gasteiger partial charge in [0.1, 0.15) is 0 Å². The fourth-order valence-corrected chi connectivity index (χ4v) is 1.21. The highest BCUT2D eigenvalue weighted by Crippen LogP contribution is 2.15. The van der Waals surface area contributed by atoms with Crippen LogP contribution in [0.3, 0.4) is 0 Å². The zero-order chi connectivity index (χ0) is 8.10. The Hall–Kier alpha value is -1.23. The Morgan fingerprint density at radius 1 is 1.82 bits per heavy atom. The summed E-state index contributed by atoms with van der Waals surface area (Å²) < 4.78 is 3.66. The highest BCUT2D eigenvalue weighted by molar-refractivity contribution is 7.06. The van der Waals surface area contributed by atoms with Crippen molar-refractivity contribution in [3.63, 3.8) is 0 Å². The first kappa shape index (κ1) is 7.87. The van der Waals surface area contributed by atoms with E-state index in [2.05, 4.69) is 21.5 Å². The van der Waals surface area contributed by atoms with Crippen molar-refractivity contribution < 1.29 is 4.79 Å². The fraction of sp³-hybridized carbons (Fsp3) is 0.167. The van der Waals surface area contributed by atoms with Crippen LogP contribution in [0.15, 0.2) is 12.7 Å². The van der Waals surface area contributed by atoms with Crippen molar-refractivity contribution in [3.8, 4) is 0 Å². The maximum atomic E-state index is 9.90. The Morgan fingerprint density at radius 3 is 3.27 bits per heavy atom. The van der Waals surface area contributed by atoms with Crippen LogP contribution in [0.1, 0.15) is 4.88 Å². The molecule has 57 valence electrons. The van der Waals surface area contributed by atoms with Crippen LogP contribution in [-0.2, 0) is 11.2 Å². The molecule has 4 nitrogen and oxygen atoms in total. The lowest BCUT2D eigenvalue weighted by Gasteiger charge is -1.91. The summed E-state index contributed by atoms with van der Waals surface area (Å²) in [4.78, 5) is 10.8. The third-order valence-corrected chi connectivity index (χ3v) is 1.80. The number of aromatic nitrogens is 2. The van der Waals surface area contributed by atoms with Crippen molar-refractivity contribution in [1.82, 2.24) is 9.59 Å². The normalized spacial score (nSPS) is 9.09. The van der Waals surface area contributed by atoms with Gasteiger partial charge in [0.15, 0.2) is 5.82 Å². The van der Waals surface area contributed by atoms with Crippen LogP contribution in [0.25, 0.3) is 0 Å². The molecule has 0 aromatic carbocycles. The first-order valence-corrected chi connectivity index (χ1v) is 3.71. The number of allylic oxidation sites excluding steroid dienone is 1. The molecule has 1 heterocycles. The Bertz CT molecular complexity index is 234. The van der Waals surface area contributed by atoms with E-state index >= 15 is 0 Å². The smallest absolute Gasteiger partial charge is 0.300 e. The summed E-state index contributed by atoms with van der Waals surface area (Å²) in [5.41, 5.74) is 0. The lowest BCUT2D eigenvalue weighted by Crippen LogP contribution is -1.96. The first-order chi connectivity index (χ1) is 5.38. The molecule has 5 heteroatoms. The molecule has 1 radical (unpaired) electrons. The van der Waals surface area contributed by atoms with Crippen molar-refractivity contribution in [2.24, 2.45) is 0 Å². The average Bonchev–Trinajstić information content (AvgIpc) is 2.39. The molecule has 11 heavy (non-hydrogen) atoms. The van der Waals surface area contributed by atoms with Gasteiger partial charge < -0.3 is 0 Å². The number of amides is 1. The third kappa shape index (κ3) is 1.84. The molecule has 0 aliphatic rings. The number of carbonyl (C=O) groups excluding carboxylic acids is 1. The van der Waals surface area contributed by atoms with Crippen molar-refractivity contribution in [3.05, 3.63) is 17.5 Å². The molecule has 0 unspecified atom stereocenters. The Labute approximate surface area is 68.1 Å². The standard InChI is InChI=1S/C6H6N3OS/c1-2-3-5-6(7-4-10)8-9-11-5/h2H,1,3H2,(H,7,10). The number of nitrogens with one attached hydrogen (secondary N) is 1. The number of hydrogen-bond donors (Lipinski definition) is 1. The molecule has 1 aromatic heterocycles. The topological polar surface area (TPSA) is 54.9 Å². The number of rotatable bonds is 4. The molecule has 0 aliphatic heterocycles. The molecule has 1 rings (SSSR count). The van der Waals surface area contributed by atoms with Crippen LogP contribution in [-0.4, -0.2) is 16.0 Å². The second-order valence-corrected chi connectivity index (χ2v) is 2.60. The predicted molar refractivity (Wildman–Crippen MR) is 43.1 cm³/mol. The van der Waals surface area contributed by atoms with Crippen molar-refractivity contribution in [1.29, 1.82) is 0 Å². The lowest BCUT2D eigenvalue weighted by atomic mass is 10.3. The van der Waals surface area contributed by atoms with Gasteiger partial charge in [-0.25, -0.2) is 0 Å². The first-order valence-electron chi connectivity index (χ1n) is 2.93. The van der Waals surface area contributed by atoms with Crippen molar-refractivity contribution >= 4 is 23.8 Å². The fourth-order valence-electron chi connectivity index (χ4n) is 0.618. The van der Waals surface area contributed by atoms with Gasteiger partial charge in [0.05, 0.1) is 4.88 Å².